The van der Waals surface area contributed by atoms with Gasteiger partial charge in [-0.15, -0.1) is 0 Å². The molecule has 9 aliphatic rings. The van der Waals surface area contributed by atoms with Crippen LogP contribution in [0.2, 0.25) is 0 Å². The summed E-state index contributed by atoms with van der Waals surface area (Å²) in [6.07, 6.45) is 8.72. The monoisotopic (exact) mass is 794 g/mol. The fourth-order valence-corrected chi connectivity index (χ4v) is 15.0. The number of hydrogen-bond donors (Lipinski definition) is 4. The quantitative estimate of drug-likeness (QED) is 0.319. The van der Waals surface area contributed by atoms with Crippen molar-refractivity contribution in [1.82, 2.24) is 0 Å². The highest BCUT2D eigenvalue weighted by atomic mass is 19.1. The van der Waals surface area contributed by atoms with Gasteiger partial charge in [-0.05, 0) is 118 Å². The highest BCUT2D eigenvalue weighted by Crippen LogP contribution is 2.71. The van der Waals surface area contributed by atoms with Crippen molar-refractivity contribution >= 4 is 28.9 Å². The number of rotatable bonds is 4. The number of alkyl halides is 1. The van der Waals surface area contributed by atoms with E-state index in [0.29, 0.717) is 37.7 Å². The summed E-state index contributed by atoms with van der Waals surface area (Å²) in [5.74, 6) is -2.45. The Hall–Kier alpha value is -2.74. The third-order valence-corrected chi connectivity index (χ3v) is 17.4. The fourth-order valence-electron chi connectivity index (χ4n) is 15.0. The van der Waals surface area contributed by atoms with Crippen LogP contribution in [0.3, 0.4) is 0 Å². The summed E-state index contributed by atoms with van der Waals surface area (Å²) in [4.78, 5) is 62.6. The van der Waals surface area contributed by atoms with E-state index in [1.807, 2.05) is 20.8 Å². The standard InChI is InChI=1S/C24H31FO6.C21H28O5/c1-21(2)30-19-9-14-13-8-16(25)15-7-12(27)5-6-22(15,3)20(13)17(28)10-23(14,4)24(19,31-21)18(29)11-26;1-19-7-5-13(23)9-12(19)3-4-14-15-6-8-21(26,17(25)11-22)20(15,2)10-16(24)18(14)19/h5-7,13-14,16-17,19-20,26,28H,8-11H2,1-4H3;9,14-15,18,22,26H,3-8,10-11H2,1-2H3/t13-,14-,16-,17-,19+,20+,22-,23-,24+;14-,15-,18+,19-,20-,21-/m00/s1. The van der Waals surface area contributed by atoms with Gasteiger partial charge >= 0.3 is 0 Å². The Labute approximate surface area is 333 Å². The first-order valence-electron chi connectivity index (χ1n) is 21.0. The van der Waals surface area contributed by atoms with Gasteiger partial charge in [0.2, 0.25) is 0 Å². The summed E-state index contributed by atoms with van der Waals surface area (Å²) in [5.41, 5.74) is -4.05. The predicted octanol–water partition coefficient (Wildman–Crippen LogP) is 4.26. The number of hydrogen-bond acceptors (Lipinski definition) is 11. The molecule has 8 aliphatic carbocycles. The lowest BCUT2D eigenvalue weighted by Crippen LogP contribution is -2.64. The van der Waals surface area contributed by atoms with Crippen LogP contribution in [0, 0.1) is 57.2 Å². The second kappa shape index (κ2) is 13.1. The normalized spacial score (nSPS) is 50.1. The van der Waals surface area contributed by atoms with Crippen molar-refractivity contribution in [3.8, 4) is 0 Å². The van der Waals surface area contributed by atoms with E-state index >= 15 is 4.39 Å². The molecule has 0 aromatic rings. The molecule has 6 saturated carbocycles. The molecule has 312 valence electrons. The van der Waals surface area contributed by atoms with Crippen LogP contribution in [-0.2, 0) is 33.4 Å². The number of ether oxygens (including phenoxy) is 2. The van der Waals surface area contributed by atoms with Gasteiger partial charge < -0.3 is 29.9 Å². The van der Waals surface area contributed by atoms with Crippen LogP contribution in [0.25, 0.3) is 0 Å². The van der Waals surface area contributed by atoms with Crippen LogP contribution in [0.15, 0.2) is 35.5 Å². The number of carbonyl (C=O) groups is 5. The summed E-state index contributed by atoms with van der Waals surface area (Å²) in [6, 6.07) is 0. The molecule has 0 spiro atoms. The number of carbonyl (C=O) groups excluding carboxylic acids is 5. The summed E-state index contributed by atoms with van der Waals surface area (Å²) < 4.78 is 27.9. The first-order chi connectivity index (χ1) is 26.6. The predicted molar refractivity (Wildman–Crippen MR) is 203 cm³/mol. The van der Waals surface area contributed by atoms with Crippen molar-refractivity contribution in [2.24, 2.45) is 57.2 Å². The molecule has 0 bridgehead atoms. The van der Waals surface area contributed by atoms with Gasteiger partial charge in [0.15, 0.2) is 34.5 Å². The van der Waals surface area contributed by atoms with Gasteiger partial charge in [0, 0.05) is 40.9 Å². The van der Waals surface area contributed by atoms with E-state index in [9.17, 15) is 44.4 Å². The van der Waals surface area contributed by atoms with Gasteiger partial charge in [-0.25, -0.2) is 4.39 Å². The summed E-state index contributed by atoms with van der Waals surface area (Å²) in [7, 11) is 0. The topological polar surface area (TPSA) is 185 Å². The Bertz CT molecular complexity index is 1900. The smallest absolute Gasteiger partial charge is 0.193 e. The SMILES string of the molecule is CC1(C)O[C@@H]2C[C@H]3[C@@H]4C[C@H](F)C5=CC(=O)C=C[C@]5(C)[C@H]4[C@@H](O)C[C@]3(C)[C@]2(C(=O)CO)O1.C[C@]12CCC(=O)C=C1CC[C@@H]1[C@@H]2C(=O)C[C@@]2(C)[C@H]1CC[C@]2(O)C(=O)CO. The largest absolute Gasteiger partial charge is 0.393 e. The lowest BCUT2D eigenvalue weighted by molar-refractivity contribution is -0.226. The molecular formula is C45H59FO11. The average Bonchev–Trinajstić information content (AvgIpc) is 3.68. The number of fused-ring (bicyclic) bond motifs is 12. The molecule has 0 unspecified atom stereocenters. The number of aliphatic hydroxyl groups excluding tert-OH is 3. The minimum Gasteiger partial charge on any atom is -0.393 e. The molecule has 12 heteroatoms. The van der Waals surface area contributed by atoms with Crippen molar-refractivity contribution in [1.29, 1.82) is 0 Å². The molecular weight excluding hydrogens is 735 g/mol. The Morgan fingerprint density at radius 1 is 0.877 bits per heavy atom. The van der Waals surface area contributed by atoms with E-state index in [1.165, 1.54) is 12.2 Å². The molecule has 57 heavy (non-hydrogen) atoms. The van der Waals surface area contributed by atoms with Crippen molar-refractivity contribution < 1.29 is 58.3 Å². The zero-order chi connectivity index (χ0) is 41.5. The lowest BCUT2D eigenvalue weighted by atomic mass is 9.46. The molecule has 0 radical (unpaired) electrons. The first-order valence-corrected chi connectivity index (χ1v) is 21.0. The minimum absolute atomic E-state index is 0.0988. The molecule has 7 fully saturated rings. The Balaban J connectivity index is 0.000000162. The van der Waals surface area contributed by atoms with Crippen molar-refractivity contribution in [2.45, 2.75) is 141 Å². The van der Waals surface area contributed by atoms with Gasteiger partial charge in [0.1, 0.15) is 30.8 Å². The van der Waals surface area contributed by atoms with Crippen LogP contribution in [0.4, 0.5) is 4.39 Å². The number of Topliss-reactive ketones (excluding diaryl/α,β-unsaturated/α-hetero) is 3. The molecule has 1 heterocycles. The zero-order valence-electron chi connectivity index (χ0n) is 34.0. The first kappa shape index (κ1) is 41.0. The van der Waals surface area contributed by atoms with E-state index in [-0.39, 0.29) is 77.5 Å². The number of halogens is 1. The lowest BCUT2D eigenvalue weighted by Gasteiger charge is -2.60. The molecule has 15 atom stereocenters. The van der Waals surface area contributed by atoms with E-state index in [2.05, 4.69) is 6.92 Å². The molecule has 9 rings (SSSR count). The molecule has 1 aliphatic heterocycles. The van der Waals surface area contributed by atoms with Gasteiger partial charge in [-0.1, -0.05) is 39.3 Å². The maximum atomic E-state index is 15.4. The second-order valence-corrected chi connectivity index (χ2v) is 20.3. The van der Waals surface area contributed by atoms with Crippen molar-refractivity contribution in [2.75, 3.05) is 13.2 Å². The Kier molecular flexibility index (Phi) is 9.45. The van der Waals surface area contributed by atoms with Gasteiger partial charge in [0.05, 0.1) is 12.2 Å². The number of aliphatic hydroxyl groups is 4. The average molecular weight is 795 g/mol. The number of allylic oxidation sites excluding steroid dienone is 5. The Morgan fingerprint density at radius 2 is 1.58 bits per heavy atom. The third kappa shape index (κ3) is 5.38. The van der Waals surface area contributed by atoms with E-state index < -0.39 is 76.4 Å². The van der Waals surface area contributed by atoms with Crippen LogP contribution < -0.4 is 0 Å². The highest BCUT2D eigenvalue weighted by Gasteiger charge is 2.77. The van der Waals surface area contributed by atoms with E-state index in [1.54, 1.807) is 26.0 Å². The van der Waals surface area contributed by atoms with Crippen molar-refractivity contribution in [3.63, 3.8) is 0 Å². The fraction of sp³-hybridized carbons (Fsp3) is 0.756. The maximum absolute atomic E-state index is 15.4. The molecule has 0 aromatic carbocycles. The number of ketones is 5. The van der Waals surface area contributed by atoms with E-state index in [4.69, 9.17) is 9.47 Å². The molecule has 0 amide bonds. The van der Waals surface area contributed by atoms with Crippen molar-refractivity contribution in [3.05, 3.63) is 35.5 Å². The zero-order valence-corrected chi connectivity index (χ0v) is 34.0. The molecule has 1 saturated heterocycles. The summed E-state index contributed by atoms with van der Waals surface area (Å²) in [5, 5.41) is 41.8. The molecule has 4 N–H and O–H groups in total. The van der Waals surface area contributed by atoms with Crippen LogP contribution in [0.1, 0.15) is 106 Å². The molecule has 0 aromatic heterocycles. The minimum atomic E-state index is -1.60. The van der Waals surface area contributed by atoms with Gasteiger partial charge in [-0.3, -0.25) is 24.0 Å². The van der Waals surface area contributed by atoms with Crippen LogP contribution >= 0.6 is 0 Å². The van der Waals surface area contributed by atoms with Gasteiger partial charge in [0.25, 0.3) is 0 Å². The summed E-state index contributed by atoms with van der Waals surface area (Å²) in [6.45, 7) is 9.95. The van der Waals surface area contributed by atoms with Gasteiger partial charge in [-0.2, -0.15) is 0 Å². The van der Waals surface area contributed by atoms with Crippen LogP contribution in [0.5, 0.6) is 0 Å². The molecule has 11 nitrogen and oxygen atoms in total. The third-order valence-electron chi connectivity index (χ3n) is 17.4. The summed E-state index contributed by atoms with van der Waals surface area (Å²) >= 11 is 0. The Morgan fingerprint density at radius 3 is 2.26 bits per heavy atom. The highest BCUT2D eigenvalue weighted by molar-refractivity contribution is 6.01. The van der Waals surface area contributed by atoms with E-state index in [0.717, 1.165) is 18.4 Å². The maximum Gasteiger partial charge on any atom is 0.193 e. The second-order valence-electron chi connectivity index (χ2n) is 20.3. The van der Waals surface area contributed by atoms with Crippen LogP contribution in [-0.4, -0.2) is 97.9 Å².